The summed E-state index contributed by atoms with van der Waals surface area (Å²) in [6.07, 6.45) is 9.14. The molecule has 0 radical (unpaired) electrons. The zero-order chi connectivity index (χ0) is 31.5. The number of benzene rings is 1. The molecule has 1 aliphatic rings. The Morgan fingerprint density at radius 2 is 1.89 bits per heavy atom. The van der Waals surface area contributed by atoms with Gasteiger partial charge in [-0.2, -0.15) is 11.9 Å². The highest BCUT2D eigenvalue weighted by molar-refractivity contribution is 5.42. The van der Waals surface area contributed by atoms with Gasteiger partial charge in [-0.05, 0) is 98.1 Å². The average Bonchev–Trinajstić information content (AvgIpc) is 3.41. The molecular formula is C35H50N3O6-. The molecule has 9 nitrogen and oxygen atoms in total. The topological polar surface area (TPSA) is 163 Å². The second kappa shape index (κ2) is 16.8. The maximum absolute atomic E-state index is 10.9. The first-order valence-electron chi connectivity index (χ1n) is 16.2. The average molecular weight is 609 g/mol. The molecule has 44 heavy (non-hydrogen) atoms. The van der Waals surface area contributed by atoms with E-state index in [9.17, 15) is 25.5 Å². The highest BCUT2D eigenvalue weighted by atomic mass is 16.5. The van der Waals surface area contributed by atoms with Gasteiger partial charge in [-0.15, -0.1) is 0 Å². The van der Waals surface area contributed by atoms with Crippen molar-refractivity contribution in [3.8, 4) is 11.5 Å². The molecule has 0 unspecified atom stereocenters. The number of nitrogens with zero attached hydrogens (tertiary/aromatic N) is 2. The van der Waals surface area contributed by atoms with Crippen LogP contribution >= 0.6 is 0 Å². The van der Waals surface area contributed by atoms with Crippen molar-refractivity contribution < 1.29 is 30.3 Å². The van der Waals surface area contributed by atoms with Gasteiger partial charge in [0.05, 0.1) is 18.8 Å². The van der Waals surface area contributed by atoms with Crippen molar-refractivity contribution in [1.82, 2.24) is 9.97 Å². The number of aromatic hydroxyl groups is 1. The SMILES string of the molecule is CC[C@@H]1CCC[C@H]([C@H](O)C[C@H](O)CCc2ccc(O)c(O[C@H](C[C@H](Cc3ccc[n-]3)c3ccnc(N)c3)[C@H](O)CO)c2)CC1. The first kappa shape index (κ1) is 33.8. The fourth-order valence-electron chi connectivity index (χ4n) is 6.54. The van der Waals surface area contributed by atoms with Crippen LogP contribution in [-0.2, 0) is 12.8 Å². The minimum atomic E-state index is -1.20. The van der Waals surface area contributed by atoms with Gasteiger partial charge in [0.15, 0.2) is 11.5 Å². The summed E-state index contributed by atoms with van der Waals surface area (Å²) in [5, 5.41) is 52.9. The molecule has 1 saturated carbocycles. The Kier molecular flexibility index (Phi) is 12.9. The summed E-state index contributed by atoms with van der Waals surface area (Å²) in [5.74, 6) is 1.32. The Morgan fingerprint density at radius 3 is 2.61 bits per heavy atom. The first-order valence-corrected chi connectivity index (χ1v) is 16.2. The van der Waals surface area contributed by atoms with Gasteiger partial charge in [-0.3, -0.25) is 0 Å². The molecule has 1 aliphatic carbocycles. The number of aliphatic hydroxyl groups is 4. The van der Waals surface area contributed by atoms with Crippen LogP contribution in [0.3, 0.4) is 0 Å². The lowest BCUT2D eigenvalue weighted by molar-refractivity contribution is -0.00840. The summed E-state index contributed by atoms with van der Waals surface area (Å²) in [4.78, 5) is 8.49. The van der Waals surface area contributed by atoms with Crippen molar-refractivity contribution in [3.63, 3.8) is 0 Å². The van der Waals surface area contributed by atoms with Crippen LogP contribution in [0.4, 0.5) is 5.82 Å². The fourth-order valence-corrected chi connectivity index (χ4v) is 6.54. The molecule has 0 amide bonds. The van der Waals surface area contributed by atoms with E-state index in [1.165, 1.54) is 12.8 Å². The number of phenolic OH excluding ortho intramolecular Hbond substituents is 1. The van der Waals surface area contributed by atoms with E-state index in [2.05, 4.69) is 16.9 Å². The van der Waals surface area contributed by atoms with Gasteiger partial charge in [0.1, 0.15) is 18.0 Å². The fraction of sp³-hybridized carbons (Fsp3) is 0.571. The number of aromatic nitrogens is 2. The van der Waals surface area contributed by atoms with Crippen LogP contribution in [0.25, 0.3) is 0 Å². The number of nitrogen functional groups attached to an aromatic ring is 1. The summed E-state index contributed by atoms with van der Waals surface area (Å²) in [7, 11) is 0. The number of ether oxygens (including phenoxy) is 1. The number of rotatable bonds is 16. The summed E-state index contributed by atoms with van der Waals surface area (Å²) in [6.45, 7) is 1.72. The minimum Gasteiger partial charge on any atom is -0.668 e. The lowest BCUT2D eigenvalue weighted by Gasteiger charge is -2.29. The van der Waals surface area contributed by atoms with E-state index >= 15 is 0 Å². The van der Waals surface area contributed by atoms with Crippen LogP contribution in [0.5, 0.6) is 11.5 Å². The van der Waals surface area contributed by atoms with Gasteiger partial charge in [0.25, 0.3) is 0 Å². The van der Waals surface area contributed by atoms with E-state index in [-0.39, 0.29) is 23.3 Å². The molecular weight excluding hydrogens is 558 g/mol. The minimum absolute atomic E-state index is 0.0824. The molecule has 0 spiro atoms. The summed E-state index contributed by atoms with van der Waals surface area (Å²) in [5.41, 5.74) is 8.60. The normalized spacial score (nSPS) is 20.8. The Labute approximate surface area is 261 Å². The second-order valence-corrected chi connectivity index (χ2v) is 12.5. The largest absolute Gasteiger partial charge is 0.668 e. The smallest absolute Gasteiger partial charge is 0.161 e. The molecule has 2 aromatic heterocycles. The number of phenols is 1. The number of nitrogens with two attached hydrogens (primary N) is 1. The van der Waals surface area contributed by atoms with Crippen LogP contribution < -0.4 is 15.5 Å². The predicted molar refractivity (Wildman–Crippen MR) is 170 cm³/mol. The Hall–Kier alpha value is -3.11. The zero-order valence-corrected chi connectivity index (χ0v) is 25.8. The quantitative estimate of drug-likeness (QED) is 0.129. The molecule has 1 fully saturated rings. The molecule has 9 heteroatoms. The van der Waals surface area contributed by atoms with Crippen molar-refractivity contribution >= 4 is 5.82 Å². The van der Waals surface area contributed by atoms with Gasteiger partial charge in [-0.25, -0.2) is 4.98 Å². The number of hydrogen-bond donors (Lipinski definition) is 6. The molecule has 0 saturated heterocycles. The van der Waals surface area contributed by atoms with Gasteiger partial charge in [0.2, 0.25) is 0 Å². The van der Waals surface area contributed by atoms with Gasteiger partial charge in [-0.1, -0.05) is 50.8 Å². The highest BCUT2D eigenvalue weighted by Crippen LogP contribution is 2.34. The monoisotopic (exact) mass is 608 g/mol. The molecule has 0 aliphatic heterocycles. The van der Waals surface area contributed by atoms with Crippen LogP contribution in [0.1, 0.15) is 87.4 Å². The Balaban J connectivity index is 1.40. The molecule has 1 aromatic carbocycles. The van der Waals surface area contributed by atoms with Crippen molar-refractivity contribution in [3.05, 3.63) is 71.7 Å². The van der Waals surface area contributed by atoms with Crippen molar-refractivity contribution in [2.45, 2.75) is 108 Å². The Morgan fingerprint density at radius 1 is 1.05 bits per heavy atom. The van der Waals surface area contributed by atoms with Crippen molar-refractivity contribution in [1.29, 1.82) is 0 Å². The van der Waals surface area contributed by atoms with Crippen LogP contribution in [0.15, 0.2) is 54.9 Å². The molecule has 3 aromatic rings. The second-order valence-electron chi connectivity index (χ2n) is 12.5. The third-order valence-corrected chi connectivity index (χ3v) is 9.32. The third-order valence-electron chi connectivity index (χ3n) is 9.32. The van der Waals surface area contributed by atoms with E-state index in [1.54, 1.807) is 36.7 Å². The number of anilines is 1. The van der Waals surface area contributed by atoms with E-state index in [0.29, 0.717) is 37.9 Å². The first-order chi connectivity index (χ1) is 21.2. The molecule has 0 bridgehead atoms. The predicted octanol–water partition coefficient (Wildman–Crippen LogP) is 4.49. The molecule has 242 valence electrons. The van der Waals surface area contributed by atoms with E-state index < -0.39 is 31.0 Å². The van der Waals surface area contributed by atoms with Gasteiger partial charge >= 0.3 is 0 Å². The number of aryl methyl sites for hydroxylation is 1. The van der Waals surface area contributed by atoms with E-state index in [4.69, 9.17) is 10.5 Å². The molecule has 7 N–H and O–H groups in total. The maximum Gasteiger partial charge on any atom is 0.161 e. The lowest BCUT2D eigenvalue weighted by atomic mass is 9.88. The van der Waals surface area contributed by atoms with Crippen LogP contribution in [-0.4, -0.2) is 61.5 Å². The van der Waals surface area contributed by atoms with Gasteiger partial charge in [0, 0.05) is 6.20 Å². The Bertz CT molecular complexity index is 1260. The lowest BCUT2D eigenvalue weighted by Crippen LogP contribution is -2.36. The standard InChI is InChI=1S/C35H50N3O6/c1-2-23-5-3-6-25(11-8-23)31(42)21-29(40)12-9-24-10-13-30(41)33(17-24)44-34(32(43)22-39)19-27(18-28-7-4-15-37-28)26-14-16-38-35(36)20-26/h4,7,10,13-17,20,23,25,27,29,31-32,34,39-43H,2-3,5-6,8-9,11-12,18-19,21-22H2,1H3,(H2,36,38)/q-1/t23-,25+,27+,29-,31-,32-,34-/m1/s1. The number of aliphatic hydroxyl groups excluding tert-OH is 4. The van der Waals surface area contributed by atoms with Crippen LogP contribution in [0.2, 0.25) is 0 Å². The third kappa shape index (κ3) is 9.95. The highest BCUT2D eigenvalue weighted by Gasteiger charge is 2.28. The van der Waals surface area contributed by atoms with E-state index in [0.717, 1.165) is 48.4 Å². The van der Waals surface area contributed by atoms with Crippen molar-refractivity contribution in [2.75, 3.05) is 12.3 Å². The summed E-state index contributed by atoms with van der Waals surface area (Å²) >= 11 is 0. The molecule has 4 rings (SSSR count). The zero-order valence-electron chi connectivity index (χ0n) is 25.8. The summed E-state index contributed by atoms with van der Waals surface area (Å²) in [6, 6.07) is 12.5. The summed E-state index contributed by atoms with van der Waals surface area (Å²) < 4.78 is 6.19. The van der Waals surface area contributed by atoms with Gasteiger partial charge < -0.3 is 41.0 Å². The maximum atomic E-state index is 10.9. The molecule has 2 heterocycles. The van der Waals surface area contributed by atoms with Crippen LogP contribution in [0, 0.1) is 11.8 Å². The van der Waals surface area contributed by atoms with E-state index in [1.807, 2.05) is 18.2 Å². The molecule has 7 atom stereocenters. The van der Waals surface area contributed by atoms with Crippen molar-refractivity contribution in [2.24, 2.45) is 11.8 Å². The number of hydrogen-bond acceptors (Lipinski definition) is 8. The number of pyridine rings is 1.